The van der Waals surface area contributed by atoms with Crippen LogP contribution < -0.4 is 15.6 Å². The van der Waals surface area contributed by atoms with Crippen molar-refractivity contribution in [3.8, 4) is 0 Å². The average Bonchev–Trinajstić information content (AvgIpc) is 2.60. The van der Waals surface area contributed by atoms with Crippen LogP contribution >= 0.6 is 12.2 Å². The second-order valence-electron chi connectivity index (χ2n) is 7.49. The van der Waals surface area contributed by atoms with Crippen LogP contribution in [0.2, 0.25) is 0 Å². The predicted octanol–water partition coefficient (Wildman–Crippen LogP) is 4.73. The highest BCUT2D eigenvalue weighted by molar-refractivity contribution is 7.80. The Morgan fingerprint density at radius 2 is 1.96 bits per heavy atom. The molecule has 0 fully saturated rings. The quantitative estimate of drug-likeness (QED) is 0.468. The fraction of sp³-hybridized carbons (Fsp3) is 0.333. The van der Waals surface area contributed by atoms with Gasteiger partial charge in [0.1, 0.15) is 0 Å². The molecule has 0 spiro atoms. The summed E-state index contributed by atoms with van der Waals surface area (Å²) >= 11 is 5.27. The van der Waals surface area contributed by atoms with Crippen LogP contribution in [0.3, 0.4) is 0 Å². The number of hydrazone groups is 1. The highest BCUT2D eigenvalue weighted by Gasteiger charge is 2.33. The molecule has 4 nitrogen and oxygen atoms in total. The SMILES string of the molecule is CC1CC(C)(C)N(C)c2ccc(/C=N/NC(=S)Nc3ccccc3)cc21. The number of nitrogens with zero attached hydrogens (tertiary/aromatic N) is 2. The number of benzene rings is 2. The molecule has 5 heteroatoms. The van der Waals surface area contributed by atoms with E-state index in [0.29, 0.717) is 11.0 Å². The third kappa shape index (κ3) is 4.05. The Morgan fingerprint density at radius 3 is 2.69 bits per heavy atom. The van der Waals surface area contributed by atoms with E-state index in [2.05, 4.69) is 66.8 Å². The smallest absolute Gasteiger partial charge is 0.191 e. The lowest BCUT2D eigenvalue weighted by molar-refractivity contribution is 0.395. The number of thiocarbonyl (C=S) groups is 1. The zero-order valence-electron chi connectivity index (χ0n) is 15.8. The maximum absolute atomic E-state index is 5.27. The van der Waals surface area contributed by atoms with Crippen LogP contribution in [-0.4, -0.2) is 23.9 Å². The lowest BCUT2D eigenvalue weighted by Crippen LogP contribution is -2.45. The zero-order valence-corrected chi connectivity index (χ0v) is 16.6. The van der Waals surface area contributed by atoms with Gasteiger partial charge in [-0.1, -0.05) is 31.2 Å². The maximum atomic E-state index is 5.27. The van der Waals surface area contributed by atoms with Crippen LogP contribution in [0.25, 0.3) is 0 Å². The first-order valence-corrected chi connectivity index (χ1v) is 9.30. The molecule has 26 heavy (non-hydrogen) atoms. The summed E-state index contributed by atoms with van der Waals surface area (Å²) in [7, 11) is 2.17. The Labute approximate surface area is 161 Å². The van der Waals surface area contributed by atoms with E-state index < -0.39 is 0 Å². The fourth-order valence-electron chi connectivity index (χ4n) is 3.52. The summed E-state index contributed by atoms with van der Waals surface area (Å²) in [6, 6.07) is 16.3. The molecule has 1 atom stereocenters. The van der Waals surface area contributed by atoms with Crippen molar-refractivity contribution in [3.05, 3.63) is 59.7 Å². The minimum Gasteiger partial charge on any atom is -0.369 e. The van der Waals surface area contributed by atoms with E-state index in [4.69, 9.17) is 12.2 Å². The molecule has 0 bridgehead atoms. The van der Waals surface area contributed by atoms with Gasteiger partial charge in [-0.25, -0.2) is 0 Å². The van der Waals surface area contributed by atoms with Gasteiger partial charge in [-0.15, -0.1) is 0 Å². The van der Waals surface area contributed by atoms with Crippen LogP contribution in [0.1, 0.15) is 44.2 Å². The van der Waals surface area contributed by atoms with Crippen molar-refractivity contribution in [1.82, 2.24) is 5.43 Å². The topological polar surface area (TPSA) is 39.7 Å². The highest BCUT2D eigenvalue weighted by Crippen LogP contribution is 2.42. The molecule has 0 aromatic heterocycles. The minimum absolute atomic E-state index is 0.179. The summed E-state index contributed by atoms with van der Waals surface area (Å²) in [6.07, 6.45) is 2.95. The lowest BCUT2D eigenvalue weighted by atomic mass is 9.80. The molecular weight excluding hydrogens is 340 g/mol. The van der Waals surface area contributed by atoms with Gasteiger partial charge in [-0.2, -0.15) is 5.10 Å². The van der Waals surface area contributed by atoms with Crippen molar-refractivity contribution in [2.45, 2.75) is 38.6 Å². The molecule has 3 rings (SSSR count). The Balaban J connectivity index is 1.67. The van der Waals surface area contributed by atoms with Gasteiger partial charge in [-0.05, 0) is 73.8 Å². The molecule has 1 heterocycles. The Bertz CT molecular complexity index is 814. The molecule has 0 amide bonds. The number of hydrogen-bond acceptors (Lipinski definition) is 3. The van der Waals surface area contributed by atoms with E-state index in [1.807, 2.05) is 36.5 Å². The number of hydrogen-bond donors (Lipinski definition) is 2. The van der Waals surface area contributed by atoms with Gasteiger partial charge in [0.05, 0.1) is 6.21 Å². The molecule has 0 saturated heterocycles. The molecule has 1 aliphatic rings. The largest absolute Gasteiger partial charge is 0.369 e. The zero-order chi connectivity index (χ0) is 18.7. The van der Waals surface area contributed by atoms with E-state index >= 15 is 0 Å². The van der Waals surface area contributed by atoms with Crippen molar-refractivity contribution in [3.63, 3.8) is 0 Å². The molecule has 1 aliphatic heterocycles. The number of fused-ring (bicyclic) bond motifs is 1. The van der Waals surface area contributed by atoms with Crippen molar-refractivity contribution in [1.29, 1.82) is 0 Å². The van der Waals surface area contributed by atoms with E-state index in [9.17, 15) is 0 Å². The molecule has 2 aromatic rings. The third-order valence-corrected chi connectivity index (χ3v) is 5.26. The normalized spacial score (nSPS) is 18.5. The highest BCUT2D eigenvalue weighted by atomic mass is 32.1. The van der Waals surface area contributed by atoms with Crippen molar-refractivity contribution in [2.24, 2.45) is 5.10 Å². The van der Waals surface area contributed by atoms with E-state index in [1.54, 1.807) is 0 Å². The fourth-order valence-corrected chi connectivity index (χ4v) is 3.69. The summed E-state index contributed by atoms with van der Waals surface area (Å²) in [6.45, 7) is 6.89. The van der Waals surface area contributed by atoms with E-state index in [1.165, 1.54) is 11.3 Å². The summed E-state index contributed by atoms with van der Waals surface area (Å²) in [5.74, 6) is 0.526. The Kier molecular flexibility index (Phi) is 5.28. The van der Waals surface area contributed by atoms with Crippen molar-refractivity contribution < 1.29 is 0 Å². The average molecular weight is 367 g/mol. The van der Waals surface area contributed by atoms with Crippen molar-refractivity contribution in [2.75, 3.05) is 17.3 Å². The number of rotatable bonds is 3. The van der Waals surface area contributed by atoms with Crippen LogP contribution in [0.4, 0.5) is 11.4 Å². The van der Waals surface area contributed by atoms with Crippen LogP contribution in [-0.2, 0) is 0 Å². The monoisotopic (exact) mass is 366 g/mol. The van der Waals surface area contributed by atoms with Crippen LogP contribution in [0.15, 0.2) is 53.6 Å². The lowest BCUT2D eigenvalue weighted by Gasteiger charge is -2.45. The number of para-hydroxylation sites is 1. The first-order valence-electron chi connectivity index (χ1n) is 8.90. The van der Waals surface area contributed by atoms with Gasteiger partial charge in [-0.3, -0.25) is 5.43 Å². The number of nitrogens with one attached hydrogen (secondary N) is 2. The van der Waals surface area contributed by atoms with Gasteiger partial charge in [0, 0.05) is 24.0 Å². The Hall–Kier alpha value is -2.40. The summed E-state index contributed by atoms with van der Waals surface area (Å²) in [4.78, 5) is 2.38. The molecule has 1 unspecified atom stereocenters. The molecule has 0 aliphatic carbocycles. The molecular formula is C21H26N4S. The minimum atomic E-state index is 0.179. The van der Waals surface area contributed by atoms with Crippen LogP contribution in [0, 0.1) is 0 Å². The van der Waals surface area contributed by atoms with Gasteiger partial charge >= 0.3 is 0 Å². The molecule has 0 radical (unpaired) electrons. The standard InChI is InChI=1S/C21H26N4S/c1-15-13-21(2,3)25(4)19-11-10-16(12-18(15)19)14-22-24-20(26)23-17-8-6-5-7-9-17/h5-12,14-15H,13H2,1-4H3,(H2,23,24,26)/b22-14+. The second kappa shape index (κ2) is 7.46. The van der Waals surface area contributed by atoms with Crippen LogP contribution in [0.5, 0.6) is 0 Å². The molecule has 136 valence electrons. The third-order valence-electron chi connectivity index (χ3n) is 5.07. The van der Waals surface area contributed by atoms with E-state index in [-0.39, 0.29) is 5.54 Å². The Morgan fingerprint density at radius 1 is 1.23 bits per heavy atom. The molecule has 0 saturated carbocycles. The first kappa shape index (κ1) is 18.4. The first-order chi connectivity index (χ1) is 12.4. The van der Waals surface area contributed by atoms with Gasteiger partial charge < -0.3 is 10.2 Å². The van der Waals surface area contributed by atoms with Gasteiger partial charge in [0.2, 0.25) is 0 Å². The van der Waals surface area contributed by atoms with Crippen molar-refractivity contribution >= 4 is 34.9 Å². The molecule has 2 N–H and O–H groups in total. The molecule has 2 aromatic carbocycles. The van der Waals surface area contributed by atoms with Gasteiger partial charge in [0.15, 0.2) is 5.11 Å². The predicted molar refractivity (Wildman–Crippen MR) is 115 cm³/mol. The summed E-state index contributed by atoms with van der Waals surface area (Å²) < 4.78 is 0. The summed E-state index contributed by atoms with van der Waals surface area (Å²) in [5.41, 5.74) is 7.74. The maximum Gasteiger partial charge on any atom is 0.191 e. The second-order valence-corrected chi connectivity index (χ2v) is 7.89. The number of anilines is 2. The van der Waals surface area contributed by atoms with E-state index in [0.717, 1.165) is 17.7 Å². The van der Waals surface area contributed by atoms with Gasteiger partial charge in [0.25, 0.3) is 0 Å². The summed E-state index contributed by atoms with van der Waals surface area (Å²) in [5, 5.41) is 7.84.